The van der Waals surface area contributed by atoms with Crippen LogP contribution in [0.3, 0.4) is 0 Å². The minimum Gasteiger partial charge on any atom is -0.381 e. The van der Waals surface area contributed by atoms with Crippen molar-refractivity contribution in [3.05, 3.63) is 57.0 Å². The Bertz CT molecular complexity index is 1630. The lowest BCUT2D eigenvalue weighted by Gasteiger charge is -2.39. The summed E-state index contributed by atoms with van der Waals surface area (Å²) in [5.74, 6) is -0.106. The number of hydrogen-bond donors (Lipinski definition) is 1. The van der Waals surface area contributed by atoms with Crippen LogP contribution in [0, 0.1) is 17.1 Å². The largest absolute Gasteiger partial charge is 0.381 e. The Kier molecular flexibility index (Phi) is 8.30. The summed E-state index contributed by atoms with van der Waals surface area (Å²) in [5, 5.41) is 11.1. The number of rotatable bonds is 4. The van der Waals surface area contributed by atoms with Gasteiger partial charge >= 0.3 is 0 Å². The average molecular weight is 545 g/mol. The Morgan fingerprint density at radius 2 is 1.80 bits per heavy atom. The molecule has 0 aliphatic carbocycles. The summed E-state index contributed by atoms with van der Waals surface area (Å²) in [6.07, 6.45) is 4.67. The van der Waals surface area contributed by atoms with Crippen molar-refractivity contribution in [2.24, 2.45) is 0 Å². The van der Waals surface area contributed by atoms with Crippen LogP contribution in [-0.2, 0) is 11.2 Å². The van der Waals surface area contributed by atoms with Gasteiger partial charge in [0.1, 0.15) is 5.65 Å². The molecule has 0 amide bonds. The van der Waals surface area contributed by atoms with Gasteiger partial charge in [-0.2, -0.15) is 5.26 Å². The van der Waals surface area contributed by atoms with Crippen molar-refractivity contribution in [1.82, 2.24) is 14.5 Å². The molecule has 4 aromatic rings. The van der Waals surface area contributed by atoms with Crippen molar-refractivity contribution < 1.29 is 9.13 Å². The fourth-order valence-corrected chi connectivity index (χ4v) is 6.88. The molecule has 0 unspecified atom stereocenters. The minimum atomic E-state index is -0.243. The molecule has 0 bridgehead atoms. The second kappa shape index (κ2) is 11.7. The zero-order chi connectivity index (χ0) is 28.6. The fourth-order valence-electron chi connectivity index (χ4n) is 6.88. The van der Waals surface area contributed by atoms with Crippen LogP contribution >= 0.6 is 0 Å². The van der Waals surface area contributed by atoms with Gasteiger partial charge in [-0.1, -0.05) is 26.8 Å². The van der Waals surface area contributed by atoms with E-state index < -0.39 is 0 Å². The molecule has 212 valence electrons. The van der Waals surface area contributed by atoms with E-state index >= 15 is 4.39 Å². The summed E-state index contributed by atoms with van der Waals surface area (Å²) in [4.78, 5) is 19.9. The number of aromatic amines is 1. The number of halogens is 1. The molecule has 2 fully saturated rings. The van der Waals surface area contributed by atoms with Gasteiger partial charge in [-0.05, 0) is 94.3 Å². The monoisotopic (exact) mass is 544 g/mol. The van der Waals surface area contributed by atoms with Gasteiger partial charge in [0.15, 0.2) is 11.2 Å². The predicted molar refractivity (Wildman–Crippen MR) is 161 cm³/mol. The highest BCUT2D eigenvalue weighted by Crippen LogP contribution is 2.39. The smallest absolute Gasteiger partial charge is 0.199 e. The van der Waals surface area contributed by atoms with E-state index in [2.05, 4.69) is 22.9 Å². The molecule has 0 spiro atoms. The summed E-state index contributed by atoms with van der Waals surface area (Å²) in [7, 11) is 0. The lowest BCUT2D eigenvalue weighted by atomic mass is 9.83. The van der Waals surface area contributed by atoms with Gasteiger partial charge in [0.25, 0.3) is 0 Å². The van der Waals surface area contributed by atoms with Crippen LogP contribution in [-0.4, -0.2) is 46.8 Å². The van der Waals surface area contributed by atoms with E-state index in [1.54, 1.807) is 12.1 Å². The van der Waals surface area contributed by atoms with Gasteiger partial charge in [-0.15, -0.1) is 0 Å². The molecule has 7 heteroatoms. The van der Waals surface area contributed by atoms with Crippen molar-refractivity contribution in [3.8, 4) is 6.07 Å². The molecule has 2 aromatic heterocycles. The van der Waals surface area contributed by atoms with E-state index in [1.807, 2.05) is 44.4 Å². The van der Waals surface area contributed by atoms with E-state index in [0.717, 1.165) is 74.0 Å². The SMILES string of the molecule is CC.CCc1cc2c(=O)c3c4ccc(C#N)cc4[nH]c3n(C(C)C)c2c(F)c1C1CCN(C2CCOCC2)CC1. The molecule has 1 N–H and O–H groups in total. The van der Waals surface area contributed by atoms with E-state index in [9.17, 15) is 10.1 Å². The van der Waals surface area contributed by atoms with Gasteiger partial charge in [0, 0.05) is 41.6 Å². The molecule has 0 saturated carbocycles. The molecule has 2 aromatic carbocycles. The zero-order valence-corrected chi connectivity index (χ0v) is 24.4. The van der Waals surface area contributed by atoms with Crippen molar-refractivity contribution in [2.45, 2.75) is 84.7 Å². The molecule has 4 heterocycles. The number of ether oxygens (including phenoxy) is 1. The van der Waals surface area contributed by atoms with Crippen LogP contribution in [0.4, 0.5) is 4.39 Å². The average Bonchev–Trinajstić information content (AvgIpc) is 3.37. The Morgan fingerprint density at radius 1 is 1.10 bits per heavy atom. The highest BCUT2D eigenvalue weighted by molar-refractivity contribution is 6.10. The number of aryl methyl sites for hydroxylation is 1. The van der Waals surface area contributed by atoms with Gasteiger partial charge in [-0.3, -0.25) is 4.79 Å². The zero-order valence-electron chi connectivity index (χ0n) is 24.4. The number of nitrogens with zero attached hydrogens (tertiary/aromatic N) is 3. The van der Waals surface area contributed by atoms with Gasteiger partial charge < -0.3 is 19.2 Å². The molecular formula is C33H41FN4O2. The first-order valence-corrected chi connectivity index (χ1v) is 15.0. The van der Waals surface area contributed by atoms with Gasteiger partial charge in [0.05, 0.1) is 22.5 Å². The standard InChI is InChI=1S/C31H35FN4O2.C2H6/c1-4-20-16-24-29(28(32)26(20)21-7-11-35(12-8-21)22-9-13-38-14-10-22)36(18(2)3)31-27(30(24)37)23-6-5-19(17-33)15-25(23)34-31;1-2/h5-6,15-16,18,21-22,34H,4,7-14H2,1-3H3;1-2H3. The quantitative estimate of drug-likeness (QED) is 0.295. The molecule has 0 atom stereocenters. The first kappa shape index (κ1) is 28.3. The third kappa shape index (κ3) is 4.71. The summed E-state index contributed by atoms with van der Waals surface area (Å²) in [6.45, 7) is 13.7. The molecule has 6 nitrogen and oxygen atoms in total. The molecule has 2 aliphatic rings. The van der Waals surface area contributed by atoms with E-state index in [0.29, 0.717) is 40.0 Å². The maximum atomic E-state index is 16.8. The van der Waals surface area contributed by atoms with Gasteiger partial charge in [0.2, 0.25) is 0 Å². The molecule has 2 aliphatic heterocycles. The Balaban J connectivity index is 0.00000158. The fraction of sp³-hybridized carbons (Fsp3) is 0.515. The molecule has 0 radical (unpaired) electrons. The number of piperidine rings is 1. The van der Waals surface area contributed by atoms with Crippen molar-refractivity contribution in [3.63, 3.8) is 0 Å². The number of aromatic nitrogens is 2. The van der Waals surface area contributed by atoms with Crippen LogP contribution in [0.25, 0.3) is 32.8 Å². The molecule has 6 rings (SSSR count). The minimum absolute atomic E-state index is 0.0747. The van der Waals surface area contributed by atoms with Crippen LogP contribution in [0.1, 0.15) is 89.0 Å². The topological polar surface area (TPSA) is 74.0 Å². The third-order valence-corrected chi connectivity index (χ3v) is 8.77. The number of hydrogen-bond acceptors (Lipinski definition) is 4. The number of H-pyrrole nitrogens is 1. The number of likely N-dealkylation sites (tertiary alicyclic amines) is 1. The Morgan fingerprint density at radius 3 is 2.42 bits per heavy atom. The van der Waals surface area contributed by atoms with Gasteiger partial charge in [-0.25, -0.2) is 4.39 Å². The number of fused-ring (bicyclic) bond motifs is 4. The second-order valence-electron chi connectivity index (χ2n) is 11.2. The highest BCUT2D eigenvalue weighted by atomic mass is 19.1. The van der Waals surface area contributed by atoms with E-state index in [4.69, 9.17) is 4.74 Å². The molecular weight excluding hydrogens is 503 g/mol. The maximum absolute atomic E-state index is 16.8. The highest BCUT2D eigenvalue weighted by Gasteiger charge is 2.31. The summed E-state index contributed by atoms with van der Waals surface area (Å²) in [5.41, 5.74) is 3.83. The summed E-state index contributed by atoms with van der Waals surface area (Å²) >= 11 is 0. The van der Waals surface area contributed by atoms with Crippen LogP contribution in [0.2, 0.25) is 0 Å². The van der Waals surface area contributed by atoms with Crippen LogP contribution in [0.5, 0.6) is 0 Å². The van der Waals surface area contributed by atoms with Crippen LogP contribution in [0.15, 0.2) is 29.1 Å². The number of nitrogens with one attached hydrogen (secondary N) is 1. The summed E-state index contributed by atoms with van der Waals surface area (Å²) in [6, 6.07) is 9.93. The lowest BCUT2D eigenvalue weighted by molar-refractivity contribution is 0.0250. The van der Waals surface area contributed by atoms with Crippen LogP contribution < -0.4 is 5.43 Å². The Labute approximate surface area is 235 Å². The molecule has 2 saturated heterocycles. The molecule has 40 heavy (non-hydrogen) atoms. The van der Waals surface area contributed by atoms with Crippen molar-refractivity contribution in [1.29, 1.82) is 5.26 Å². The van der Waals surface area contributed by atoms with E-state index in [-0.39, 0.29) is 23.2 Å². The lowest BCUT2D eigenvalue weighted by Crippen LogP contribution is -2.43. The predicted octanol–water partition coefficient (Wildman–Crippen LogP) is 7.17. The first-order valence-electron chi connectivity index (χ1n) is 15.0. The second-order valence-corrected chi connectivity index (χ2v) is 11.2. The number of nitriles is 1. The summed E-state index contributed by atoms with van der Waals surface area (Å²) < 4.78 is 24.3. The maximum Gasteiger partial charge on any atom is 0.199 e. The number of benzene rings is 2. The number of pyridine rings is 1. The van der Waals surface area contributed by atoms with Crippen molar-refractivity contribution in [2.75, 3.05) is 26.3 Å². The Hall–Kier alpha value is -3.21. The van der Waals surface area contributed by atoms with E-state index in [1.165, 1.54) is 0 Å². The normalized spacial score (nSPS) is 17.4. The van der Waals surface area contributed by atoms with Crippen molar-refractivity contribution >= 4 is 32.8 Å². The third-order valence-electron chi connectivity index (χ3n) is 8.77. The first-order chi connectivity index (χ1) is 19.4.